The largest absolute Gasteiger partial charge is 0.481 e. The number of fused-ring (bicyclic) bond motifs is 1. The van der Waals surface area contributed by atoms with Gasteiger partial charge < -0.3 is 25.3 Å². The summed E-state index contributed by atoms with van der Waals surface area (Å²) in [7, 11) is 1.58. The van der Waals surface area contributed by atoms with Crippen molar-refractivity contribution in [3.8, 4) is 5.88 Å². The lowest BCUT2D eigenvalue weighted by Crippen LogP contribution is -2.50. The highest BCUT2D eigenvalue weighted by molar-refractivity contribution is 5.78. The molecule has 3 heterocycles. The number of alkyl carbamates (subject to hydrolysis) is 1. The van der Waals surface area contributed by atoms with E-state index in [0.717, 1.165) is 29.4 Å². The monoisotopic (exact) mass is 402 g/mol. The topological polar surface area (TPSA) is 109 Å². The third kappa shape index (κ3) is 5.77. The van der Waals surface area contributed by atoms with Crippen molar-refractivity contribution < 1.29 is 19.0 Å². The molecule has 3 N–H and O–H groups in total. The summed E-state index contributed by atoms with van der Waals surface area (Å²) in [6.07, 6.45) is 3.26. The Kier molecular flexibility index (Phi) is 6.54. The van der Waals surface area contributed by atoms with Crippen molar-refractivity contribution in [1.29, 1.82) is 0 Å². The number of aromatic nitrogens is 2. The molecule has 2 unspecified atom stereocenters. The van der Waals surface area contributed by atoms with Crippen LogP contribution in [0, 0.1) is 0 Å². The van der Waals surface area contributed by atoms with E-state index in [1.165, 1.54) is 0 Å². The first-order valence-electron chi connectivity index (χ1n) is 9.90. The van der Waals surface area contributed by atoms with Crippen LogP contribution in [0.4, 0.5) is 4.79 Å². The Morgan fingerprint density at radius 2 is 2.14 bits per heavy atom. The normalized spacial score (nSPS) is 20.9. The molecule has 1 aliphatic rings. The number of methoxy groups -OCH3 is 1. The van der Waals surface area contributed by atoms with Gasteiger partial charge in [0.25, 0.3) is 0 Å². The lowest BCUT2D eigenvalue weighted by atomic mass is 9.94. The number of carbonyl (C=O) groups is 1. The highest BCUT2D eigenvalue weighted by Gasteiger charge is 2.30. The van der Waals surface area contributed by atoms with E-state index in [1.807, 2.05) is 32.9 Å². The number of ether oxygens (including phenoxy) is 3. The fourth-order valence-electron chi connectivity index (χ4n) is 3.42. The van der Waals surface area contributed by atoms with Crippen LogP contribution in [0.5, 0.6) is 5.88 Å². The first-order chi connectivity index (χ1) is 13.7. The van der Waals surface area contributed by atoms with Crippen LogP contribution in [0.25, 0.3) is 11.0 Å². The Bertz CT molecular complexity index is 844. The summed E-state index contributed by atoms with van der Waals surface area (Å²) in [5.41, 5.74) is 7.86. The Hall–Kier alpha value is -2.45. The molecule has 1 fully saturated rings. The summed E-state index contributed by atoms with van der Waals surface area (Å²) >= 11 is 0. The van der Waals surface area contributed by atoms with Crippen LogP contribution in [0.2, 0.25) is 0 Å². The van der Waals surface area contributed by atoms with Crippen LogP contribution in [0.1, 0.15) is 39.2 Å². The molecule has 8 heteroatoms. The van der Waals surface area contributed by atoms with E-state index in [0.29, 0.717) is 18.9 Å². The van der Waals surface area contributed by atoms with Gasteiger partial charge in [0.2, 0.25) is 5.88 Å². The van der Waals surface area contributed by atoms with Crippen molar-refractivity contribution in [3.63, 3.8) is 0 Å². The molecule has 3 rings (SSSR count). The lowest BCUT2D eigenvalue weighted by molar-refractivity contribution is -0.0203. The number of nitrogens with two attached hydrogens (primary N) is 1. The third-order valence-corrected chi connectivity index (χ3v) is 4.79. The summed E-state index contributed by atoms with van der Waals surface area (Å²) < 4.78 is 16.7. The molecule has 0 aliphatic carbocycles. The summed E-state index contributed by atoms with van der Waals surface area (Å²) in [6.45, 7) is 5.99. The first kappa shape index (κ1) is 21.3. The molecular formula is C21H30N4O4. The molecule has 0 radical (unpaired) electrons. The van der Waals surface area contributed by atoms with Gasteiger partial charge in [0.05, 0.1) is 36.9 Å². The lowest BCUT2D eigenvalue weighted by Gasteiger charge is -2.34. The number of nitrogens with one attached hydrogen (secondary N) is 1. The second kappa shape index (κ2) is 8.92. The van der Waals surface area contributed by atoms with Crippen molar-refractivity contribution >= 4 is 17.1 Å². The van der Waals surface area contributed by atoms with Gasteiger partial charge in [0, 0.05) is 18.3 Å². The smallest absolute Gasteiger partial charge is 0.407 e. The maximum Gasteiger partial charge on any atom is 0.407 e. The minimum atomic E-state index is -0.581. The van der Waals surface area contributed by atoms with Crippen LogP contribution < -0.4 is 15.8 Å². The number of nitrogens with zero attached hydrogens (tertiary/aromatic N) is 2. The average molecular weight is 402 g/mol. The molecule has 2 aromatic heterocycles. The summed E-state index contributed by atoms with van der Waals surface area (Å²) in [5, 5.41) is 2.99. The van der Waals surface area contributed by atoms with Gasteiger partial charge in [-0.2, -0.15) is 0 Å². The number of hydrogen-bond acceptors (Lipinski definition) is 7. The van der Waals surface area contributed by atoms with Crippen LogP contribution in [0.3, 0.4) is 0 Å². The van der Waals surface area contributed by atoms with Crippen LogP contribution in [-0.4, -0.2) is 53.6 Å². The van der Waals surface area contributed by atoms with Crippen molar-refractivity contribution in [3.05, 3.63) is 30.0 Å². The van der Waals surface area contributed by atoms with Gasteiger partial charge in [0.1, 0.15) is 5.60 Å². The van der Waals surface area contributed by atoms with Gasteiger partial charge in [-0.15, -0.1) is 0 Å². The fourth-order valence-corrected chi connectivity index (χ4v) is 3.42. The Balaban J connectivity index is 1.86. The quantitative estimate of drug-likeness (QED) is 0.791. The van der Waals surface area contributed by atoms with Gasteiger partial charge in [-0.1, -0.05) is 0 Å². The number of hydrogen-bond donors (Lipinski definition) is 2. The second-order valence-corrected chi connectivity index (χ2v) is 8.36. The summed E-state index contributed by atoms with van der Waals surface area (Å²) in [6, 6.07) is 5.31. The fraction of sp³-hybridized carbons (Fsp3) is 0.571. The first-order valence-corrected chi connectivity index (χ1v) is 9.90. The molecule has 1 amide bonds. The minimum Gasteiger partial charge on any atom is -0.481 e. The maximum atomic E-state index is 12.5. The number of pyridine rings is 2. The molecule has 0 spiro atoms. The van der Waals surface area contributed by atoms with Crippen molar-refractivity contribution in [2.75, 3.05) is 13.7 Å². The molecular weight excluding hydrogens is 372 g/mol. The SMILES string of the molecule is COc1ccc2nccc(C[C@H](NC(=O)OC(C)(C)C)C3CCC(N)CO3)c2n1. The molecule has 0 aromatic carbocycles. The third-order valence-electron chi connectivity index (χ3n) is 4.79. The Labute approximate surface area is 171 Å². The number of amides is 1. The second-order valence-electron chi connectivity index (χ2n) is 8.36. The standard InChI is InChI=1S/C21H30N4O4/c1-21(2,3)29-20(26)24-16(17-7-5-14(22)12-28-17)11-13-9-10-23-15-6-8-18(27-4)25-19(13)15/h6,8-10,14,16-17H,5,7,11-12,22H2,1-4H3,(H,24,26)/t14?,16-,17?/m0/s1. The van der Waals surface area contributed by atoms with Crippen molar-refractivity contribution in [2.45, 2.75) is 63.8 Å². The molecule has 0 saturated carbocycles. The van der Waals surface area contributed by atoms with E-state index >= 15 is 0 Å². The Morgan fingerprint density at radius 1 is 1.34 bits per heavy atom. The predicted molar refractivity (Wildman–Crippen MR) is 110 cm³/mol. The molecule has 3 atom stereocenters. The van der Waals surface area contributed by atoms with Crippen molar-refractivity contribution in [2.24, 2.45) is 5.73 Å². The average Bonchev–Trinajstić information content (AvgIpc) is 2.66. The summed E-state index contributed by atoms with van der Waals surface area (Å²) in [4.78, 5) is 21.4. The van der Waals surface area contributed by atoms with E-state index in [4.69, 9.17) is 19.9 Å². The maximum absolute atomic E-state index is 12.5. The van der Waals surface area contributed by atoms with Crippen molar-refractivity contribution in [1.82, 2.24) is 15.3 Å². The molecule has 158 valence electrons. The molecule has 1 saturated heterocycles. The van der Waals surface area contributed by atoms with Gasteiger partial charge in [-0.05, 0) is 57.7 Å². The van der Waals surface area contributed by atoms with E-state index in [2.05, 4.69) is 15.3 Å². The molecule has 0 bridgehead atoms. The zero-order valence-corrected chi connectivity index (χ0v) is 17.5. The highest BCUT2D eigenvalue weighted by Crippen LogP contribution is 2.23. The summed E-state index contributed by atoms with van der Waals surface area (Å²) in [5.74, 6) is 0.517. The van der Waals surface area contributed by atoms with E-state index < -0.39 is 11.7 Å². The van der Waals surface area contributed by atoms with E-state index in [-0.39, 0.29) is 18.2 Å². The Morgan fingerprint density at radius 3 is 2.79 bits per heavy atom. The van der Waals surface area contributed by atoms with Gasteiger partial charge >= 0.3 is 6.09 Å². The molecule has 1 aliphatic heterocycles. The zero-order valence-electron chi connectivity index (χ0n) is 17.5. The number of rotatable bonds is 5. The van der Waals surface area contributed by atoms with Gasteiger partial charge in [-0.3, -0.25) is 4.98 Å². The van der Waals surface area contributed by atoms with Crippen LogP contribution in [0.15, 0.2) is 24.4 Å². The molecule has 2 aromatic rings. The van der Waals surface area contributed by atoms with Crippen LogP contribution in [-0.2, 0) is 15.9 Å². The van der Waals surface area contributed by atoms with E-state index in [1.54, 1.807) is 19.4 Å². The minimum absolute atomic E-state index is 0.0288. The van der Waals surface area contributed by atoms with E-state index in [9.17, 15) is 4.79 Å². The van der Waals surface area contributed by atoms with Gasteiger partial charge in [0.15, 0.2) is 0 Å². The molecule has 29 heavy (non-hydrogen) atoms. The zero-order chi connectivity index (χ0) is 21.0. The highest BCUT2D eigenvalue weighted by atomic mass is 16.6. The molecule has 8 nitrogen and oxygen atoms in total. The number of carbonyl (C=O) groups excluding carboxylic acids is 1. The predicted octanol–water partition coefficient (Wildman–Crippen LogP) is 2.58. The van der Waals surface area contributed by atoms with Crippen LogP contribution >= 0.6 is 0 Å². The van der Waals surface area contributed by atoms with Gasteiger partial charge in [-0.25, -0.2) is 9.78 Å².